The van der Waals surface area contributed by atoms with Crippen LogP contribution in [0.15, 0.2) is 91.0 Å². The van der Waals surface area contributed by atoms with Crippen molar-refractivity contribution in [1.82, 2.24) is 0 Å². The molecular formula is C29H26F4N2O4P2. The highest BCUT2D eigenvalue weighted by molar-refractivity contribution is 8.10. The molecule has 41 heavy (non-hydrogen) atoms. The second kappa shape index (κ2) is 15.9. The van der Waals surface area contributed by atoms with Crippen LogP contribution in [0.1, 0.15) is 0 Å². The molecule has 4 aromatic carbocycles. The van der Waals surface area contributed by atoms with Crippen LogP contribution in [0.2, 0.25) is 0 Å². The average Bonchev–Trinajstić information content (AvgIpc) is 2.99. The molecule has 4 aromatic rings. The maximum atomic E-state index is 13.9. The SMILES string of the molecule is [3H]OCCPPN.[C-]#[N+]c1ccc(-c2ccc(OCOc3ccc(-c4ccc(OC(F)(F)F)c(F)c4)cc3)cc2)cc1. The highest BCUT2D eigenvalue weighted by Gasteiger charge is 2.32. The van der Waals surface area contributed by atoms with Crippen molar-refractivity contribution in [2.45, 2.75) is 6.36 Å². The van der Waals surface area contributed by atoms with Gasteiger partial charge in [0.05, 0.1) is 6.57 Å². The first-order valence-corrected chi connectivity index (χ1v) is 15.3. The van der Waals surface area contributed by atoms with E-state index in [-0.39, 0.29) is 6.79 Å². The molecule has 0 saturated heterocycles. The van der Waals surface area contributed by atoms with E-state index in [0.29, 0.717) is 43.3 Å². The van der Waals surface area contributed by atoms with Crippen molar-refractivity contribution in [1.29, 1.82) is 1.43 Å². The molecule has 0 saturated carbocycles. The van der Waals surface area contributed by atoms with Crippen LogP contribution in [0.3, 0.4) is 0 Å². The number of alkyl halides is 3. The fourth-order valence-corrected chi connectivity index (χ4v) is 4.38. The summed E-state index contributed by atoms with van der Waals surface area (Å²) in [4.78, 5) is 3.38. The van der Waals surface area contributed by atoms with Gasteiger partial charge < -0.3 is 24.8 Å². The zero-order valence-corrected chi connectivity index (χ0v) is 23.5. The summed E-state index contributed by atoms with van der Waals surface area (Å²) >= 11 is 0. The normalized spacial score (nSPS) is 11.6. The Morgan fingerprint density at radius 2 is 1.34 bits per heavy atom. The van der Waals surface area contributed by atoms with Crippen molar-refractivity contribution in [3.63, 3.8) is 0 Å². The number of nitrogens with zero attached hydrogens (tertiary/aromatic N) is 1. The molecule has 12 heteroatoms. The second-order valence-corrected chi connectivity index (χ2v) is 11.2. The third-order valence-corrected chi connectivity index (χ3v) is 7.33. The van der Waals surface area contributed by atoms with Gasteiger partial charge in [0.15, 0.2) is 17.3 Å². The maximum Gasteiger partial charge on any atom is 0.573 e. The molecule has 0 aliphatic heterocycles. The smallest absolute Gasteiger partial charge is 0.458 e. The Balaban J connectivity index is 0.000000616. The van der Waals surface area contributed by atoms with Gasteiger partial charge in [-0.25, -0.2) is 9.24 Å². The highest BCUT2D eigenvalue weighted by atomic mass is 32.0. The summed E-state index contributed by atoms with van der Waals surface area (Å²) in [6, 6.07) is 24.6. The molecule has 0 bridgehead atoms. The lowest BCUT2D eigenvalue weighted by molar-refractivity contribution is -0.275. The van der Waals surface area contributed by atoms with Crippen molar-refractivity contribution in [2.24, 2.45) is 5.50 Å². The molecule has 6 nitrogen and oxygen atoms in total. The number of nitrogens with two attached hydrogens (primary N) is 1. The van der Waals surface area contributed by atoms with Gasteiger partial charge in [-0.05, 0) is 73.2 Å². The molecule has 0 spiro atoms. The number of benzene rings is 4. The van der Waals surface area contributed by atoms with E-state index >= 15 is 0 Å². The first-order valence-electron chi connectivity index (χ1n) is 12.4. The minimum absolute atomic E-state index is 0.0451. The standard InChI is InChI=1S/C27H17F4NO3.C2H9NOP2/c1-32-22-9-2-18(3-10-22)19-4-11-23(12-5-19)33-17-34-24-13-6-20(7-14-24)21-8-15-26(25(28)16-21)35-27(29,30)31;3-6-5-2-1-4/h2-16H,17H2;4-6H,1-3H2/i;4T. The van der Waals surface area contributed by atoms with Gasteiger partial charge >= 0.3 is 6.36 Å². The Morgan fingerprint density at radius 1 is 0.829 bits per heavy atom. The molecule has 0 radical (unpaired) electrons. The number of halogens is 4. The van der Waals surface area contributed by atoms with Gasteiger partial charge in [-0.15, -0.1) is 13.2 Å². The molecule has 0 fully saturated rings. The summed E-state index contributed by atoms with van der Waals surface area (Å²) in [6.07, 6.45) is -4.02. The summed E-state index contributed by atoms with van der Waals surface area (Å²) in [6.45, 7) is 7.49. The van der Waals surface area contributed by atoms with Crippen molar-refractivity contribution < 1.29 is 36.9 Å². The van der Waals surface area contributed by atoms with Crippen LogP contribution in [0, 0.1) is 12.4 Å². The van der Waals surface area contributed by atoms with Crippen LogP contribution < -0.4 is 19.7 Å². The quantitative estimate of drug-likeness (QED) is 0.0593. The van der Waals surface area contributed by atoms with Crippen LogP contribution in [0.4, 0.5) is 23.2 Å². The number of aliphatic hydroxyl groups excluding tert-OH is 1. The molecule has 0 aromatic heterocycles. The van der Waals surface area contributed by atoms with E-state index in [1.165, 1.54) is 6.07 Å². The number of rotatable bonds is 11. The molecular weight excluding hydrogens is 578 g/mol. The molecule has 2 atom stereocenters. The van der Waals surface area contributed by atoms with E-state index in [1.807, 2.05) is 36.4 Å². The fourth-order valence-electron chi connectivity index (χ4n) is 3.39. The molecule has 4 rings (SSSR count). The first-order chi connectivity index (χ1) is 20.2. The van der Waals surface area contributed by atoms with Crippen molar-refractivity contribution in [3.8, 4) is 39.5 Å². The Kier molecular flexibility index (Phi) is 11.7. The largest absolute Gasteiger partial charge is 0.573 e. The average molecular weight is 606 g/mol. The van der Waals surface area contributed by atoms with Crippen molar-refractivity contribution in [3.05, 3.63) is 108 Å². The second-order valence-electron chi connectivity index (χ2n) is 8.08. The van der Waals surface area contributed by atoms with Gasteiger partial charge in [0, 0.05) is 6.61 Å². The first kappa shape index (κ1) is 30.2. The maximum absolute atomic E-state index is 13.9. The predicted octanol–water partition coefficient (Wildman–Crippen LogP) is 8.15. The van der Waals surface area contributed by atoms with E-state index in [4.69, 9.17) is 23.0 Å². The topological polar surface area (TPSA) is 78.3 Å². The van der Waals surface area contributed by atoms with Gasteiger partial charge in [0.2, 0.25) is 8.22 Å². The zero-order chi connectivity index (χ0) is 30.4. The molecule has 0 heterocycles. The van der Waals surface area contributed by atoms with Crippen LogP contribution in [0.25, 0.3) is 27.1 Å². The minimum atomic E-state index is -4.96. The number of hydrogen-bond donors (Lipinski definition) is 2. The van der Waals surface area contributed by atoms with E-state index in [0.717, 1.165) is 37.7 Å². The lowest BCUT2D eigenvalue weighted by Gasteiger charge is -2.11. The summed E-state index contributed by atoms with van der Waals surface area (Å²) in [5.41, 5.74) is 8.74. The predicted molar refractivity (Wildman–Crippen MR) is 156 cm³/mol. The summed E-state index contributed by atoms with van der Waals surface area (Å²) in [5, 5.41) is 4.05. The van der Waals surface area contributed by atoms with Gasteiger partial charge in [0.25, 0.3) is 0 Å². The summed E-state index contributed by atoms with van der Waals surface area (Å²) in [5.74, 6) is -0.883. The monoisotopic (exact) mass is 606 g/mol. The van der Waals surface area contributed by atoms with Gasteiger partial charge in [0.1, 0.15) is 11.5 Å². The van der Waals surface area contributed by atoms with E-state index in [1.54, 1.807) is 36.4 Å². The van der Waals surface area contributed by atoms with Crippen LogP contribution in [0.5, 0.6) is 17.2 Å². The van der Waals surface area contributed by atoms with Crippen LogP contribution in [-0.4, -0.2) is 32.5 Å². The van der Waals surface area contributed by atoms with Crippen LogP contribution in [-0.2, 0) is 0 Å². The highest BCUT2D eigenvalue weighted by Crippen LogP contribution is 2.31. The molecule has 2 unspecified atom stereocenters. The molecule has 0 amide bonds. The van der Waals surface area contributed by atoms with Gasteiger partial charge in [-0.1, -0.05) is 62.9 Å². The van der Waals surface area contributed by atoms with Gasteiger partial charge in [-0.3, -0.25) is 0 Å². The number of hydrogen-bond acceptors (Lipinski definition) is 5. The molecule has 0 aliphatic rings. The Hall–Kier alpha value is -3.73. The third kappa shape index (κ3) is 10.6. The number of aliphatic hydroxyl groups is 1. The minimum Gasteiger partial charge on any atom is -0.458 e. The lowest BCUT2D eigenvalue weighted by atomic mass is 10.1. The lowest BCUT2D eigenvalue weighted by Crippen LogP contribution is -2.17. The Bertz CT molecular complexity index is 1430. The van der Waals surface area contributed by atoms with E-state index < -0.39 is 17.9 Å². The molecule has 3 N–H and O–H groups in total. The van der Waals surface area contributed by atoms with Crippen LogP contribution >= 0.6 is 16.7 Å². The van der Waals surface area contributed by atoms with Crippen molar-refractivity contribution in [2.75, 3.05) is 19.6 Å². The number of ether oxygens (including phenoxy) is 3. The summed E-state index contributed by atoms with van der Waals surface area (Å²) < 4.78 is 71.9. The fraction of sp³-hybridized carbons (Fsp3) is 0.138. The van der Waals surface area contributed by atoms with Gasteiger partial charge in [-0.2, -0.15) is 0 Å². The Morgan fingerprint density at radius 3 is 1.80 bits per heavy atom. The zero-order valence-electron chi connectivity index (χ0n) is 22.5. The molecule has 214 valence electrons. The third-order valence-electron chi connectivity index (χ3n) is 5.31. The van der Waals surface area contributed by atoms with E-state index in [9.17, 15) is 17.6 Å². The summed E-state index contributed by atoms with van der Waals surface area (Å²) in [7, 11) is 1.31. The van der Waals surface area contributed by atoms with Crippen molar-refractivity contribution >= 4 is 22.4 Å². The molecule has 0 aliphatic carbocycles. The van der Waals surface area contributed by atoms with E-state index in [2.05, 4.69) is 14.7 Å². The Labute approximate surface area is 239 Å².